The molecule has 0 fully saturated rings. The van der Waals surface area contributed by atoms with Gasteiger partial charge in [-0.2, -0.15) is 0 Å². The number of esters is 1. The highest BCUT2D eigenvalue weighted by atomic mass is 79.9. The van der Waals surface area contributed by atoms with Gasteiger partial charge in [0.2, 0.25) is 0 Å². The van der Waals surface area contributed by atoms with E-state index in [2.05, 4.69) is 29.4 Å². The number of alkyl halides is 1. The van der Waals surface area contributed by atoms with Crippen LogP contribution < -0.4 is 0 Å². The van der Waals surface area contributed by atoms with E-state index in [-0.39, 0.29) is 5.97 Å². The predicted octanol–water partition coefficient (Wildman–Crippen LogP) is 5.97. The van der Waals surface area contributed by atoms with Crippen LogP contribution in [-0.4, -0.2) is 43.4 Å². The Labute approximate surface area is 159 Å². The van der Waals surface area contributed by atoms with Crippen LogP contribution in [0.4, 0.5) is 0 Å². The summed E-state index contributed by atoms with van der Waals surface area (Å²) in [5.41, 5.74) is 0.448. The van der Waals surface area contributed by atoms with E-state index in [1.165, 1.54) is 69.5 Å². The van der Waals surface area contributed by atoms with E-state index < -0.39 is 0 Å². The van der Waals surface area contributed by atoms with Crippen LogP contribution in [0.25, 0.3) is 0 Å². The number of nitrogens with zero attached hydrogens (tertiary/aromatic N) is 1. The topological polar surface area (TPSA) is 29.5 Å². The fourth-order valence-electron chi connectivity index (χ4n) is 2.03. The molecule has 0 atom stereocenters. The van der Waals surface area contributed by atoms with Crippen LogP contribution >= 0.6 is 15.9 Å². The Balaban J connectivity index is 0. The lowest BCUT2D eigenvalue weighted by Gasteiger charge is -2.09. The van der Waals surface area contributed by atoms with Crippen molar-refractivity contribution in [3.63, 3.8) is 0 Å². The van der Waals surface area contributed by atoms with E-state index in [4.69, 9.17) is 4.74 Å². The largest absolute Gasteiger partial charge is 0.461 e. The molecular weight excluding hydrogens is 366 g/mol. The van der Waals surface area contributed by atoms with Crippen molar-refractivity contribution in [1.82, 2.24) is 4.90 Å². The molecule has 0 amide bonds. The smallest absolute Gasteiger partial charge is 0.333 e. The Kier molecular flexibility index (Phi) is 22.3. The summed E-state index contributed by atoms with van der Waals surface area (Å²) in [5.74, 6) is -0.313. The van der Waals surface area contributed by atoms with Crippen LogP contribution in [0.3, 0.4) is 0 Å². The number of halogens is 1. The molecule has 0 spiro atoms. The summed E-state index contributed by atoms with van der Waals surface area (Å²) in [6.45, 7) is 8.56. The van der Waals surface area contributed by atoms with Crippen molar-refractivity contribution in [2.75, 3.05) is 32.6 Å². The Bertz CT molecular complexity index is 283. The molecular formula is C20H40BrNO2. The summed E-state index contributed by atoms with van der Waals surface area (Å²) >= 11 is 3.46. The summed E-state index contributed by atoms with van der Waals surface area (Å²) < 4.78 is 4.83. The van der Waals surface area contributed by atoms with E-state index in [0.29, 0.717) is 12.2 Å². The van der Waals surface area contributed by atoms with Crippen LogP contribution in [-0.2, 0) is 9.53 Å². The number of unbranched alkanes of at least 4 members (excludes halogenated alkanes) is 9. The lowest BCUT2D eigenvalue weighted by Crippen LogP contribution is -2.20. The molecule has 0 N–H and O–H groups in total. The van der Waals surface area contributed by atoms with Gasteiger partial charge in [0.05, 0.1) is 0 Å². The lowest BCUT2D eigenvalue weighted by atomic mass is 10.1. The molecule has 3 nitrogen and oxygen atoms in total. The molecule has 0 aliphatic rings. The van der Waals surface area contributed by atoms with E-state index in [9.17, 15) is 4.79 Å². The average molecular weight is 406 g/mol. The molecule has 0 unspecified atom stereocenters. The summed E-state index contributed by atoms with van der Waals surface area (Å²) in [6, 6.07) is 0. The van der Waals surface area contributed by atoms with Gasteiger partial charge in [-0.1, -0.05) is 87.2 Å². The predicted molar refractivity (Wildman–Crippen MR) is 110 cm³/mol. The van der Waals surface area contributed by atoms with Crippen LogP contribution in [0.15, 0.2) is 12.2 Å². The van der Waals surface area contributed by atoms with Crippen LogP contribution in [0.2, 0.25) is 0 Å². The first-order valence-corrected chi connectivity index (χ1v) is 10.6. The first kappa shape index (κ1) is 25.9. The highest BCUT2D eigenvalue weighted by Crippen LogP contribution is 2.10. The maximum absolute atomic E-state index is 10.8. The zero-order valence-corrected chi connectivity index (χ0v) is 18.1. The Hall–Kier alpha value is -0.350. The summed E-state index contributed by atoms with van der Waals surface area (Å²) in [6.07, 6.45) is 14.3. The van der Waals surface area contributed by atoms with Gasteiger partial charge in [-0.3, -0.25) is 0 Å². The normalized spacial score (nSPS) is 10.2. The molecule has 4 heteroatoms. The number of rotatable bonds is 14. The highest BCUT2D eigenvalue weighted by Gasteiger charge is 2.01. The molecule has 0 heterocycles. The Morgan fingerprint density at radius 1 is 0.958 bits per heavy atom. The molecule has 0 bridgehead atoms. The number of carbonyl (C=O) groups excluding carboxylic acids is 1. The van der Waals surface area contributed by atoms with Gasteiger partial charge in [0, 0.05) is 17.4 Å². The van der Waals surface area contributed by atoms with Gasteiger partial charge in [-0.05, 0) is 27.4 Å². The van der Waals surface area contributed by atoms with Crippen LogP contribution in [0, 0.1) is 0 Å². The van der Waals surface area contributed by atoms with E-state index in [1.54, 1.807) is 6.92 Å². The maximum Gasteiger partial charge on any atom is 0.333 e. The molecule has 0 aromatic carbocycles. The van der Waals surface area contributed by atoms with Gasteiger partial charge in [-0.15, -0.1) is 0 Å². The standard InChI is InChI=1S/C12H25Br.C8H15NO2/c1-2-3-4-5-6-7-8-9-10-11-12-13;1-7(2)8(10)11-6-5-9(3)4/h2-12H2,1H3;1,5-6H2,2-4H3. The Morgan fingerprint density at radius 3 is 1.79 bits per heavy atom. The summed E-state index contributed by atoms with van der Waals surface area (Å²) in [5, 5.41) is 1.18. The van der Waals surface area contributed by atoms with Crippen molar-refractivity contribution in [3.8, 4) is 0 Å². The molecule has 0 saturated heterocycles. The molecule has 144 valence electrons. The van der Waals surface area contributed by atoms with Crippen LogP contribution in [0.5, 0.6) is 0 Å². The third-order valence-corrected chi connectivity index (χ3v) is 4.17. The first-order valence-electron chi connectivity index (χ1n) is 9.49. The molecule has 0 saturated carbocycles. The minimum absolute atomic E-state index is 0.313. The van der Waals surface area contributed by atoms with Crippen molar-refractivity contribution in [1.29, 1.82) is 0 Å². The zero-order valence-electron chi connectivity index (χ0n) is 16.5. The van der Waals surface area contributed by atoms with Gasteiger partial charge in [-0.25, -0.2) is 4.79 Å². The molecule has 0 aliphatic heterocycles. The molecule has 0 aromatic rings. The van der Waals surface area contributed by atoms with E-state index in [1.807, 2.05) is 19.0 Å². The quantitative estimate of drug-likeness (QED) is 0.154. The second-order valence-electron chi connectivity index (χ2n) is 6.59. The molecule has 0 aromatic heterocycles. The highest BCUT2D eigenvalue weighted by molar-refractivity contribution is 9.09. The maximum atomic E-state index is 10.8. The monoisotopic (exact) mass is 405 g/mol. The van der Waals surface area contributed by atoms with Crippen molar-refractivity contribution in [2.24, 2.45) is 0 Å². The molecule has 0 radical (unpaired) electrons. The third kappa shape index (κ3) is 23.9. The second kappa shape index (κ2) is 20.7. The van der Waals surface area contributed by atoms with Gasteiger partial charge in [0.25, 0.3) is 0 Å². The fraction of sp³-hybridized carbons (Fsp3) is 0.850. The van der Waals surface area contributed by atoms with Gasteiger partial charge in [0.1, 0.15) is 6.61 Å². The van der Waals surface area contributed by atoms with E-state index >= 15 is 0 Å². The minimum Gasteiger partial charge on any atom is -0.461 e. The molecule has 0 aliphatic carbocycles. The van der Waals surface area contributed by atoms with Crippen molar-refractivity contribution in [3.05, 3.63) is 12.2 Å². The Morgan fingerprint density at radius 2 is 1.42 bits per heavy atom. The second-order valence-corrected chi connectivity index (χ2v) is 7.38. The summed E-state index contributed by atoms with van der Waals surface area (Å²) in [4.78, 5) is 12.7. The van der Waals surface area contributed by atoms with Gasteiger partial charge in [0.15, 0.2) is 0 Å². The number of ether oxygens (including phenoxy) is 1. The lowest BCUT2D eigenvalue weighted by molar-refractivity contribution is -0.139. The zero-order chi connectivity index (χ0) is 18.6. The van der Waals surface area contributed by atoms with E-state index in [0.717, 1.165) is 6.54 Å². The summed E-state index contributed by atoms with van der Waals surface area (Å²) in [7, 11) is 3.85. The van der Waals surface area contributed by atoms with Crippen molar-refractivity contribution < 1.29 is 9.53 Å². The number of hydrogen-bond acceptors (Lipinski definition) is 3. The first-order chi connectivity index (χ1) is 11.5. The number of hydrogen-bond donors (Lipinski definition) is 0. The van der Waals surface area contributed by atoms with Gasteiger partial charge >= 0.3 is 5.97 Å². The third-order valence-electron chi connectivity index (χ3n) is 3.61. The van der Waals surface area contributed by atoms with Crippen molar-refractivity contribution >= 4 is 21.9 Å². The minimum atomic E-state index is -0.313. The van der Waals surface area contributed by atoms with Crippen LogP contribution in [0.1, 0.15) is 78.1 Å². The molecule has 0 rings (SSSR count). The molecule has 24 heavy (non-hydrogen) atoms. The van der Waals surface area contributed by atoms with Crippen molar-refractivity contribution in [2.45, 2.75) is 78.1 Å². The van der Waals surface area contributed by atoms with Gasteiger partial charge < -0.3 is 9.64 Å². The fourth-order valence-corrected chi connectivity index (χ4v) is 2.42. The number of carbonyl (C=O) groups is 1. The average Bonchev–Trinajstić information content (AvgIpc) is 2.53. The SMILES string of the molecule is C=C(C)C(=O)OCCN(C)C.CCCCCCCCCCCCBr. The number of likely N-dealkylation sites (N-methyl/N-ethyl adjacent to an activating group) is 1.